The molecule has 1 aliphatic heterocycles. The minimum absolute atomic E-state index is 0.00143. The summed E-state index contributed by atoms with van der Waals surface area (Å²) in [5, 5.41) is 30.3. The summed E-state index contributed by atoms with van der Waals surface area (Å²) in [5.41, 5.74) is 4.34. The summed E-state index contributed by atoms with van der Waals surface area (Å²) in [4.78, 5) is 27.2. The van der Waals surface area contributed by atoms with Crippen LogP contribution in [0.4, 0.5) is 5.82 Å². The van der Waals surface area contributed by atoms with Crippen LogP contribution >= 0.6 is 7.60 Å². The van der Waals surface area contributed by atoms with E-state index in [0.717, 1.165) is 4.57 Å². The zero-order valence-corrected chi connectivity index (χ0v) is 26.7. The van der Waals surface area contributed by atoms with Crippen molar-refractivity contribution in [1.29, 1.82) is 0 Å². The maximum atomic E-state index is 13.0. The molecule has 226 valence electrons. The number of hydrogen-bond donors (Lipinski definition) is 5. The number of aromatic nitrogens is 2. The van der Waals surface area contributed by atoms with Crippen molar-refractivity contribution in [2.24, 2.45) is 5.92 Å². The van der Waals surface area contributed by atoms with Crippen LogP contribution in [-0.4, -0.2) is 67.3 Å². The first kappa shape index (κ1) is 34.1. The predicted octanol–water partition coefficient (Wildman–Crippen LogP) is 3.09. The van der Waals surface area contributed by atoms with Crippen molar-refractivity contribution in [3.63, 3.8) is 0 Å². The Morgan fingerprint density at radius 2 is 1.74 bits per heavy atom. The van der Waals surface area contributed by atoms with Gasteiger partial charge in [0.1, 0.15) is 18.0 Å². The molecule has 14 heteroatoms. The van der Waals surface area contributed by atoms with Gasteiger partial charge in [-0.1, -0.05) is 41.5 Å². The molecule has 1 aromatic heterocycles. The van der Waals surface area contributed by atoms with E-state index in [1.54, 1.807) is 27.7 Å². The molecular formula is C25H48N3O9PSi. The Balaban J connectivity index is 2.37. The molecule has 1 fully saturated rings. The Morgan fingerprint density at radius 1 is 1.18 bits per heavy atom. The van der Waals surface area contributed by atoms with Crippen LogP contribution in [0.15, 0.2) is 11.0 Å². The average Bonchev–Trinajstić information content (AvgIpc) is 3.10. The number of anilines is 1. The van der Waals surface area contributed by atoms with Crippen LogP contribution < -0.4 is 11.4 Å². The van der Waals surface area contributed by atoms with Crippen LogP contribution in [0.2, 0.25) is 18.1 Å². The predicted molar refractivity (Wildman–Crippen MR) is 151 cm³/mol. The van der Waals surface area contributed by atoms with Crippen LogP contribution in [0.5, 0.6) is 0 Å². The van der Waals surface area contributed by atoms with Crippen molar-refractivity contribution in [2.45, 2.75) is 128 Å². The first-order chi connectivity index (χ1) is 17.5. The minimum atomic E-state index is -4.52. The van der Waals surface area contributed by atoms with E-state index in [0.29, 0.717) is 5.56 Å². The molecular weight excluding hydrogens is 545 g/mol. The van der Waals surface area contributed by atoms with Gasteiger partial charge in [0.05, 0.1) is 18.3 Å². The van der Waals surface area contributed by atoms with E-state index in [2.05, 4.69) is 38.8 Å². The van der Waals surface area contributed by atoms with Gasteiger partial charge in [0.25, 0.3) is 0 Å². The smallest absolute Gasteiger partial charge is 0.359 e. The largest absolute Gasteiger partial charge is 0.412 e. The number of nitrogens with zero attached hydrogens (tertiary/aromatic N) is 2. The highest BCUT2D eigenvalue weighted by molar-refractivity contribution is 7.54. The van der Waals surface area contributed by atoms with Crippen LogP contribution in [0, 0.1) is 5.92 Å². The number of aliphatic hydroxyl groups is 3. The second-order valence-electron chi connectivity index (χ2n) is 12.5. The molecule has 0 amide bonds. The van der Waals surface area contributed by atoms with Crippen molar-refractivity contribution in [2.75, 3.05) is 5.73 Å². The first-order valence-corrected chi connectivity index (χ1v) is 17.8. The molecule has 1 aromatic rings. The topological polar surface area (TPSA) is 187 Å². The molecule has 0 saturated carbocycles. The lowest BCUT2D eigenvalue weighted by atomic mass is 9.82. The van der Waals surface area contributed by atoms with Crippen LogP contribution in [0.25, 0.3) is 0 Å². The molecule has 1 saturated heterocycles. The SMILES string of the molecule is CCC(C)(OP(=O)(O)C(C)(O)CC)[C@@H](C)C1O[C@@H](n2cc(CO[Si](C)(C)C(C)(C)C)c(N)nc2=O)[C@H](O)[C@@H]1O. The summed E-state index contributed by atoms with van der Waals surface area (Å²) in [5.74, 6) is -0.745. The molecule has 8 atom stereocenters. The zero-order chi connectivity index (χ0) is 30.4. The Bertz CT molecular complexity index is 1120. The third kappa shape index (κ3) is 6.85. The van der Waals surface area contributed by atoms with Crippen molar-refractivity contribution >= 4 is 21.7 Å². The lowest BCUT2D eigenvalue weighted by molar-refractivity contribution is -0.107. The average molecular weight is 594 g/mol. The van der Waals surface area contributed by atoms with E-state index in [4.69, 9.17) is 19.4 Å². The highest BCUT2D eigenvalue weighted by Crippen LogP contribution is 2.59. The van der Waals surface area contributed by atoms with Gasteiger partial charge in [0.2, 0.25) is 0 Å². The molecule has 2 rings (SSSR count). The summed E-state index contributed by atoms with van der Waals surface area (Å²) >= 11 is 0. The molecule has 0 spiro atoms. The van der Waals surface area contributed by atoms with Gasteiger partial charge in [-0.15, -0.1) is 0 Å². The van der Waals surface area contributed by atoms with Crippen LogP contribution in [-0.2, 0) is 24.9 Å². The number of hydrogen-bond acceptors (Lipinski definition) is 10. The second kappa shape index (κ2) is 11.6. The van der Waals surface area contributed by atoms with Crippen molar-refractivity contribution in [3.8, 4) is 0 Å². The standard InChI is InChI=1S/C25H48N3O9PSi/c1-11-24(7,37-38(33,34)25(8,32)12-2)15(3)19-17(29)18(30)21(36-19)28-13-16(20(26)27-22(28)31)14-35-39(9,10)23(4,5)6/h13,15,17-19,21,29-30,32H,11-12,14H2,1-10H3,(H,33,34)(H2,26,27,31)/t15-,17-,18+,19?,21+,24?,25?/m0/s1. The molecule has 4 unspecified atom stereocenters. The zero-order valence-electron chi connectivity index (χ0n) is 24.8. The fraction of sp³-hybridized carbons (Fsp3) is 0.840. The molecule has 6 N–H and O–H groups in total. The Kier molecular flexibility index (Phi) is 10.1. The lowest BCUT2D eigenvalue weighted by Crippen LogP contribution is -2.47. The van der Waals surface area contributed by atoms with Gasteiger partial charge in [-0.3, -0.25) is 13.7 Å². The molecule has 2 heterocycles. The van der Waals surface area contributed by atoms with E-state index < -0.39 is 63.0 Å². The number of nitrogens with two attached hydrogens (primary N) is 1. The van der Waals surface area contributed by atoms with Gasteiger partial charge in [-0.25, -0.2) is 4.79 Å². The molecule has 39 heavy (non-hydrogen) atoms. The number of ether oxygens (including phenoxy) is 1. The Labute approximate surface area is 232 Å². The normalized spacial score (nSPS) is 27.9. The number of aliphatic hydroxyl groups excluding tert-OH is 2. The maximum absolute atomic E-state index is 13.0. The van der Waals surface area contributed by atoms with Gasteiger partial charge in [0, 0.05) is 17.7 Å². The summed E-state index contributed by atoms with van der Waals surface area (Å²) in [6, 6.07) is 0. The fourth-order valence-corrected chi connectivity index (χ4v) is 6.42. The Morgan fingerprint density at radius 3 is 2.23 bits per heavy atom. The summed E-state index contributed by atoms with van der Waals surface area (Å²) in [7, 11) is -6.67. The van der Waals surface area contributed by atoms with Crippen molar-refractivity contribution < 1.29 is 38.5 Å². The third-order valence-electron chi connectivity index (χ3n) is 8.77. The van der Waals surface area contributed by atoms with E-state index in [-0.39, 0.29) is 30.3 Å². The molecule has 0 aromatic carbocycles. The van der Waals surface area contributed by atoms with Gasteiger partial charge in [0.15, 0.2) is 19.9 Å². The molecule has 1 aliphatic rings. The quantitative estimate of drug-likeness (QED) is 0.187. The summed E-state index contributed by atoms with van der Waals surface area (Å²) < 4.78 is 31.9. The van der Waals surface area contributed by atoms with E-state index >= 15 is 0 Å². The van der Waals surface area contributed by atoms with Crippen molar-refractivity contribution in [1.82, 2.24) is 9.55 Å². The highest BCUT2D eigenvalue weighted by atomic mass is 31.2. The summed E-state index contributed by atoms with van der Waals surface area (Å²) in [6.45, 7) is 18.3. The number of rotatable bonds is 11. The molecule has 0 aliphatic carbocycles. The third-order valence-corrected chi connectivity index (χ3v) is 15.5. The van der Waals surface area contributed by atoms with E-state index in [9.17, 15) is 29.6 Å². The van der Waals surface area contributed by atoms with Gasteiger partial charge < -0.3 is 35.1 Å². The number of nitrogen functional groups attached to an aromatic ring is 1. The highest BCUT2D eigenvalue weighted by Gasteiger charge is 2.54. The van der Waals surface area contributed by atoms with Gasteiger partial charge in [-0.2, -0.15) is 4.98 Å². The molecule has 0 radical (unpaired) electrons. The first-order valence-electron chi connectivity index (χ1n) is 13.3. The van der Waals surface area contributed by atoms with E-state index in [1.807, 2.05) is 0 Å². The molecule has 12 nitrogen and oxygen atoms in total. The van der Waals surface area contributed by atoms with Gasteiger partial charge in [-0.05, 0) is 44.8 Å². The second-order valence-corrected chi connectivity index (χ2v) is 19.5. The lowest BCUT2D eigenvalue weighted by Gasteiger charge is -2.41. The van der Waals surface area contributed by atoms with Crippen molar-refractivity contribution in [3.05, 3.63) is 22.2 Å². The van der Waals surface area contributed by atoms with Gasteiger partial charge >= 0.3 is 13.3 Å². The maximum Gasteiger partial charge on any atom is 0.359 e. The molecule has 0 bridgehead atoms. The minimum Gasteiger partial charge on any atom is -0.412 e. The fourth-order valence-electron chi connectivity index (χ4n) is 4.02. The van der Waals surface area contributed by atoms with Crippen LogP contribution in [0.3, 0.4) is 0 Å². The monoisotopic (exact) mass is 593 g/mol. The van der Waals surface area contributed by atoms with E-state index in [1.165, 1.54) is 13.1 Å². The Hall–Kier alpha value is -1.15. The summed E-state index contributed by atoms with van der Waals surface area (Å²) in [6.07, 6.45) is -3.74. The van der Waals surface area contributed by atoms with Crippen LogP contribution in [0.1, 0.15) is 80.0 Å².